The van der Waals surface area contributed by atoms with E-state index in [-0.39, 0.29) is 13.2 Å². The molecule has 5 N–H and O–H groups in total. The van der Waals surface area contributed by atoms with Crippen molar-refractivity contribution >= 4 is 0 Å². The summed E-state index contributed by atoms with van der Waals surface area (Å²) in [4.78, 5) is 0. The molecule has 0 unspecified atom stereocenters. The van der Waals surface area contributed by atoms with Crippen LogP contribution in [0.3, 0.4) is 0 Å². The van der Waals surface area contributed by atoms with Crippen LogP contribution < -0.4 is 16.0 Å². The molecule has 0 bridgehead atoms. The molecule has 0 aliphatic heterocycles. The fraction of sp³-hybridized carbons (Fsp3) is 0.471. The Morgan fingerprint density at radius 1 is 1.21 bits per heavy atom. The Hall–Kier alpha value is -1.93. The van der Waals surface area contributed by atoms with Crippen molar-refractivity contribution in [2.24, 2.45) is 5.84 Å². The van der Waals surface area contributed by atoms with Gasteiger partial charge in [-0.3, -0.25) is 16.0 Å². The van der Waals surface area contributed by atoms with E-state index in [1.165, 1.54) is 0 Å². The van der Waals surface area contributed by atoms with Gasteiger partial charge in [-0.15, -0.1) is 5.10 Å². The maximum Gasteiger partial charge on any atom is 0.233 e. The van der Waals surface area contributed by atoms with Crippen LogP contribution in [0.1, 0.15) is 31.0 Å². The average molecular weight is 336 g/mol. The van der Waals surface area contributed by atoms with Gasteiger partial charge in [-0.25, -0.2) is 0 Å². The summed E-state index contributed by atoms with van der Waals surface area (Å²) >= 11 is 0. The largest absolute Gasteiger partial charge is 0.472 e. The molecule has 0 amide bonds. The van der Waals surface area contributed by atoms with Crippen molar-refractivity contribution in [3.63, 3.8) is 0 Å². The molecule has 0 spiro atoms. The Balaban J connectivity index is 0.000000505. The van der Waals surface area contributed by atoms with Crippen LogP contribution >= 0.6 is 0 Å². The highest BCUT2D eigenvalue weighted by Gasteiger charge is 2.11. The predicted octanol–water partition coefficient (Wildman–Crippen LogP) is 1.02. The first kappa shape index (κ1) is 20.1. The maximum absolute atomic E-state index is 9.04. The van der Waals surface area contributed by atoms with Crippen LogP contribution in [-0.2, 0) is 13.2 Å². The Morgan fingerprint density at radius 2 is 1.92 bits per heavy atom. The number of aliphatic hydroxyl groups excluding tert-OH is 2. The number of aliphatic hydroxyl groups is 2. The van der Waals surface area contributed by atoms with Gasteiger partial charge in [-0.05, 0) is 11.5 Å². The summed E-state index contributed by atoms with van der Waals surface area (Å²) in [5.41, 5.74) is 4.46. The number of hydrogen-bond donors (Lipinski definition) is 4. The van der Waals surface area contributed by atoms with Gasteiger partial charge in [0.15, 0.2) is 0 Å². The molecule has 134 valence electrons. The third-order valence-electron chi connectivity index (χ3n) is 3.18. The highest BCUT2D eigenvalue weighted by atomic mass is 16.5. The number of nitrogens with zero attached hydrogens (tertiary/aromatic N) is 2. The lowest BCUT2D eigenvalue weighted by Crippen LogP contribution is -2.24. The van der Waals surface area contributed by atoms with E-state index in [1.807, 2.05) is 41.1 Å². The number of nitrogens with two attached hydrogens (primary N) is 1. The summed E-state index contributed by atoms with van der Waals surface area (Å²) in [7, 11) is 0. The zero-order valence-electron chi connectivity index (χ0n) is 14.4. The molecule has 24 heavy (non-hydrogen) atoms. The molecule has 0 saturated heterocycles. The molecular weight excluding hydrogens is 308 g/mol. The fourth-order valence-corrected chi connectivity index (χ4v) is 2.01. The summed E-state index contributed by atoms with van der Waals surface area (Å²) in [6, 6.07) is 12.0. The van der Waals surface area contributed by atoms with Crippen LogP contribution in [0.5, 0.6) is 5.88 Å². The van der Waals surface area contributed by atoms with E-state index in [0.29, 0.717) is 31.5 Å². The quantitative estimate of drug-likeness (QED) is 0.424. The minimum Gasteiger partial charge on any atom is -0.472 e. The van der Waals surface area contributed by atoms with Crippen LogP contribution in [0, 0.1) is 0 Å². The molecule has 7 heteroatoms. The third-order valence-corrected chi connectivity index (χ3v) is 3.18. The van der Waals surface area contributed by atoms with Crippen molar-refractivity contribution in [1.82, 2.24) is 15.2 Å². The fourth-order valence-electron chi connectivity index (χ4n) is 2.01. The summed E-state index contributed by atoms with van der Waals surface area (Å²) in [5.74, 6) is 5.70. The first-order valence-corrected chi connectivity index (χ1v) is 8.02. The van der Waals surface area contributed by atoms with Gasteiger partial charge >= 0.3 is 0 Å². The van der Waals surface area contributed by atoms with Crippen LogP contribution in [0.4, 0.5) is 0 Å². The highest BCUT2D eigenvalue weighted by Crippen LogP contribution is 2.20. The molecule has 1 aromatic heterocycles. The van der Waals surface area contributed by atoms with Gasteiger partial charge in [-0.1, -0.05) is 44.2 Å². The average Bonchev–Trinajstić information content (AvgIpc) is 2.99. The van der Waals surface area contributed by atoms with E-state index in [1.54, 1.807) is 0 Å². The summed E-state index contributed by atoms with van der Waals surface area (Å²) in [5, 5.41) is 21.3. The first-order valence-electron chi connectivity index (χ1n) is 8.02. The monoisotopic (exact) mass is 336 g/mol. The number of hydrogen-bond acceptors (Lipinski definition) is 6. The molecule has 2 rings (SSSR count). The zero-order chi connectivity index (χ0) is 17.8. The van der Waals surface area contributed by atoms with Gasteiger partial charge in [-0.2, -0.15) is 0 Å². The number of benzene rings is 1. The maximum atomic E-state index is 9.04. The minimum absolute atomic E-state index is 0.0829. The van der Waals surface area contributed by atoms with Crippen molar-refractivity contribution < 1.29 is 14.9 Å². The number of nitrogens with one attached hydrogen (secondary N) is 1. The molecule has 0 saturated carbocycles. The van der Waals surface area contributed by atoms with Gasteiger partial charge in [0, 0.05) is 18.3 Å². The van der Waals surface area contributed by atoms with E-state index >= 15 is 0 Å². The summed E-state index contributed by atoms with van der Waals surface area (Å²) in [6.45, 7) is 5.88. The number of aromatic nitrogens is 2. The molecule has 0 fully saturated rings. The lowest BCUT2D eigenvalue weighted by Gasteiger charge is -2.07. The van der Waals surface area contributed by atoms with Crippen LogP contribution in [0.15, 0.2) is 36.4 Å². The molecule has 1 aromatic carbocycles. The Kier molecular flexibility index (Phi) is 9.71. The number of ether oxygens (including phenoxy) is 1. The standard InChI is InChI=1S/C15H20N2O2.C2H8N2O/c1-12(2)14-10-15(16-17(14)8-9-18)19-11-13-6-4-3-5-7-13;3-4-1-2-5/h3-7,10,12,18H,8-9,11H2,1-2H3;4-5H,1-3H2. The van der Waals surface area contributed by atoms with E-state index in [4.69, 9.17) is 20.8 Å². The smallest absolute Gasteiger partial charge is 0.233 e. The van der Waals surface area contributed by atoms with Gasteiger partial charge < -0.3 is 14.9 Å². The van der Waals surface area contributed by atoms with Crippen molar-refractivity contribution in [1.29, 1.82) is 0 Å². The molecule has 0 radical (unpaired) electrons. The molecule has 0 atom stereocenters. The molecule has 7 nitrogen and oxygen atoms in total. The third kappa shape index (κ3) is 7.10. The highest BCUT2D eigenvalue weighted by molar-refractivity contribution is 5.20. The van der Waals surface area contributed by atoms with Crippen LogP contribution in [-0.4, -0.2) is 39.8 Å². The number of rotatable bonds is 8. The van der Waals surface area contributed by atoms with Gasteiger partial charge in [0.25, 0.3) is 0 Å². The van der Waals surface area contributed by atoms with Gasteiger partial charge in [0.05, 0.1) is 19.8 Å². The minimum atomic E-state index is 0.0829. The van der Waals surface area contributed by atoms with E-state index < -0.39 is 0 Å². The topological polar surface area (TPSA) is 106 Å². The zero-order valence-corrected chi connectivity index (χ0v) is 14.4. The van der Waals surface area contributed by atoms with Crippen molar-refractivity contribution in [3.05, 3.63) is 47.7 Å². The lowest BCUT2D eigenvalue weighted by atomic mass is 10.1. The molecule has 0 aliphatic rings. The van der Waals surface area contributed by atoms with Crippen molar-refractivity contribution in [2.45, 2.75) is 32.9 Å². The van der Waals surface area contributed by atoms with E-state index in [0.717, 1.165) is 11.3 Å². The molecule has 1 heterocycles. The Morgan fingerprint density at radius 3 is 2.42 bits per heavy atom. The second kappa shape index (κ2) is 11.6. The lowest BCUT2D eigenvalue weighted by molar-refractivity contribution is 0.258. The van der Waals surface area contributed by atoms with Gasteiger partial charge in [0.2, 0.25) is 5.88 Å². The van der Waals surface area contributed by atoms with E-state index in [9.17, 15) is 0 Å². The second-order valence-electron chi connectivity index (χ2n) is 5.46. The Labute approximate surface area is 143 Å². The van der Waals surface area contributed by atoms with Crippen LogP contribution in [0.2, 0.25) is 0 Å². The van der Waals surface area contributed by atoms with Gasteiger partial charge in [0.1, 0.15) is 6.61 Å². The normalized spacial score (nSPS) is 10.4. The molecule has 0 aliphatic carbocycles. The van der Waals surface area contributed by atoms with E-state index in [2.05, 4.69) is 24.4 Å². The Bertz CT molecular complexity index is 556. The van der Waals surface area contributed by atoms with Crippen molar-refractivity contribution in [3.8, 4) is 5.88 Å². The summed E-state index contributed by atoms with van der Waals surface area (Å²) in [6.07, 6.45) is 0. The second-order valence-corrected chi connectivity index (χ2v) is 5.46. The van der Waals surface area contributed by atoms with Crippen LogP contribution in [0.25, 0.3) is 0 Å². The molecule has 2 aromatic rings. The first-order chi connectivity index (χ1) is 11.6. The molecular formula is C17H28N4O3. The SMILES string of the molecule is CC(C)c1cc(OCc2ccccc2)nn1CCO.NNCCO. The van der Waals surface area contributed by atoms with Crippen molar-refractivity contribution in [2.75, 3.05) is 19.8 Å². The summed E-state index contributed by atoms with van der Waals surface area (Å²) < 4.78 is 7.51. The number of hydrazine groups is 1. The predicted molar refractivity (Wildman–Crippen MR) is 93.5 cm³/mol.